The minimum Gasteiger partial charge on any atom is -0.446 e. The molecule has 0 unspecified atom stereocenters. The van der Waals surface area contributed by atoms with E-state index >= 15 is 0 Å². The van der Waals surface area contributed by atoms with E-state index in [1.807, 2.05) is 53.7 Å². The number of hydrogen-bond donors (Lipinski definition) is 4. The van der Waals surface area contributed by atoms with Gasteiger partial charge in [0.25, 0.3) is 0 Å². The highest BCUT2D eigenvalue weighted by Gasteiger charge is 2.32. The van der Waals surface area contributed by atoms with Gasteiger partial charge in [0.1, 0.15) is 12.1 Å². The normalized spacial score (nSPS) is 21.0. The average molecular weight is 592 g/mol. The van der Waals surface area contributed by atoms with Crippen molar-refractivity contribution in [2.45, 2.75) is 92.3 Å². The summed E-state index contributed by atoms with van der Waals surface area (Å²) < 4.78 is 10.7. The molecule has 5 atom stereocenters. The fourth-order valence-corrected chi connectivity index (χ4v) is 4.05. The van der Waals surface area contributed by atoms with Crippen molar-refractivity contribution >= 4 is 29.5 Å². The van der Waals surface area contributed by atoms with E-state index in [1.54, 1.807) is 31.2 Å². The maximum Gasteiger partial charge on any atom is 0.404 e. The SMILES string of the molecule is CC1=CC[C@@H]([C@@H](C)/C=C(C)/C=C\C=C/C(=O)N[C@H](C(=O)N/C=C\C[C@H](C/C=C(\C)Cl)OC(N)=O)C(C)(C)C)O[C@H]1O. The van der Waals surface area contributed by atoms with E-state index in [9.17, 15) is 19.5 Å². The van der Waals surface area contributed by atoms with E-state index in [4.69, 9.17) is 26.8 Å². The molecule has 228 valence electrons. The molecular formula is C31H46ClN3O6. The highest BCUT2D eigenvalue weighted by molar-refractivity contribution is 6.29. The van der Waals surface area contributed by atoms with Gasteiger partial charge < -0.3 is 30.9 Å². The molecule has 1 aliphatic rings. The number of ether oxygens (including phenoxy) is 2. The van der Waals surface area contributed by atoms with Crippen molar-refractivity contribution < 1.29 is 29.0 Å². The Balaban J connectivity index is 2.69. The average Bonchev–Trinajstić information content (AvgIpc) is 2.86. The van der Waals surface area contributed by atoms with Crippen LogP contribution < -0.4 is 16.4 Å². The number of rotatable bonds is 13. The monoisotopic (exact) mass is 591 g/mol. The molecule has 1 aliphatic heterocycles. The number of amides is 3. The van der Waals surface area contributed by atoms with E-state index in [1.165, 1.54) is 12.3 Å². The van der Waals surface area contributed by atoms with Gasteiger partial charge in [-0.1, -0.05) is 87.4 Å². The summed E-state index contributed by atoms with van der Waals surface area (Å²) in [6.45, 7) is 13.1. The molecular weight excluding hydrogens is 546 g/mol. The molecule has 1 heterocycles. The van der Waals surface area contributed by atoms with Gasteiger partial charge in [0.2, 0.25) is 11.8 Å². The quantitative estimate of drug-likeness (QED) is 0.130. The number of primary amides is 1. The van der Waals surface area contributed by atoms with Gasteiger partial charge >= 0.3 is 6.09 Å². The van der Waals surface area contributed by atoms with Crippen LogP contribution >= 0.6 is 11.6 Å². The van der Waals surface area contributed by atoms with Crippen molar-refractivity contribution in [2.75, 3.05) is 0 Å². The molecule has 9 nitrogen and oxygen atoms in total. The van der Waals surface area contributed by atoms with E-state index < -0.39 is 35.9 Å². The number of halogens is 1. The van der Waals surface area contributed by atoms with Crippen LogP contribution in [-0.4, -0.2) is 47.6 Å². The third-order valence-electron chi connectivity index (χ3n) is 6.30. The van der Waals surface area contributed by atoms with E-state index in [-0.39, 0.29) is 17.9 Å². The predicted octanol–water partition coefficient (Wildman–Crippen LogP) is 5.28. The molecule has 1 rings (SSSR count). The Hall–Kier alpha value is -3.14. The van der Waals surface area contributed by atoms with Crippen LogP contribution in [0.3, 0.4) is 0 Å². The molecule has 41 heavy (non-hydrogen) atoms. The lowest BCUT2D eigenvalue weighted by atomic mass is 9.86. The Morgan fingerprint density at radius 2 is 1.88 bits per heavy atom. The van der Waals surface area contributed by atoms with Crippen molar-refractivity contribution in [2.24, 2.45) is 17.1 Å². The second kappa shape index (κ2) is 17.6. The second-order valence-electron chi connectivity index (χ2n) is 11.2. The second-order valence-corrected chi connectivity index (χ2v) is 11.8. The van der Waals surface area contributed by atoms with Crippen LogP contribution in [0.4, 0.5) is 4.79 Å². The van der Waals surface area contributed by atoms with Crippen LogP contribution in [0.1, 0.15) is 67.7 Å². The third-order valence-corrected chi connectivity index (χ3v) is 6.45. The standard InChI is InChI=1S/C31H46ClN3O6/c1-20(19-22(3)25-17-14-21(2)29(38)41-25)11-8-9-13-26(36)35-27(31(5,6)7)28(37)34-18-10-12-24(40-30(33)39)16-15-23(4)32/h8-11,13-15,18-19,22,24-25,27,29,38H,12,16-17H2,1-7H3,(H2,33,39)(H,34,37)(H,35,36)/b11-8-,13-9-,18-10-,20-19+,23-15+/t22-,24+,25-,27+,29+/m0/s1. The Labute approximate surface area is 249 Å². The van der Waals surface area contributed by atoms with Crippen molar-refractivity contribution in [1.29, 1.82) is 0 Å². The molecule has 0 aliphatic carbocycles. The maximum absolute atomic E-state index is 12.9. The fourth-order valence-electron chi connectivity index (χ4n) is 3.96. The Kier molecular flexibility index (Phi) is 15.4. The molecule has 3 amide bonds. The van der Waals surface area contributed by atoms with Crippen molar-refractivity contribution in [3.05, 3.63) is 71.0 Å². The van der Waals surface area contributed by atoms with Gasteiger partial charge in [-0.15, -0.1) is 0 Å². The van der Waals surface area contributed by atoms with Crippen LogP contribution in [0.15, 0.2) is 71.0 Å². The van der Waals surface area contributed by atoms with Crippen LogP contribution in [0.5, 0.6) is 0 Å². The zero-order valence-electron chi connectivity index (χ0n) is 25.1. The van der Waals surface area contributed by atoms with Crippen molar-refractivity contribution in [3.8, 4) is 0 Å². The summed E-state index contributed by atoms with van der Waals surface area (Å²) in [5.41, 5.74) is 6.38. The zero-order valence-corrected chi connectivity index (χ0v) is 25.9. The van der Waals surface area contributed by atoms with Gasteiger partial charge in [0, 0.05) is 29.9 Å². The summed E-state index contributed by atoms with van der Waals surface area (Å²) >= 11 is 5.84. The van der Waals surface area contributed by atoms with Crippen LogP contribution in [-0.2, 0) is 19.1 Å². The molecule has 10 heteroatoms. The first kappa shape index (κ1) is 35.9. The van der Waals surface area contributed by atoms with E-state index in [2.05, 4.69) is 16.7 Å². The Morgan fingerprint density at radius 1 is 1.22 bits per heavy atom. The Morgan fingerprint density at radius 3 is 2.46 bits per heavy atom. The van der Waals surface area contributed by atoms with Crippen LogP contribution in [0, 0.1) is 11.3 Å². The summed E-state index contributed by atoms with van der Waals surface area (Å²) in [5.74, 6) is -0.698. The lowest BCUT2D eigenvalue weighted by Gasteiger charge is -2.29. The third kappa shape index (κ3) is 14.9. The molecule has 0 bridgehead atoms. The van der Waals surface area contributed by atoms with Gasteiger partial charge in [-0.05, 0) is 44.4 Å². The first-order chi connectivity index (χ1) is 19.1. The smallest absolute Gasteiger partial charge is 0.404 e. The predicted molar refractivity (Wildman–Crippen MR) is 162 cm³/mol. The summed E-state index contributed by atoms with van der Waals surface area (Å²) in [4.78, 5) is 36.6. The minimum absolute atomic E-state index is 0.0965. The van der Waals surface area contributed by atoms with Gasteiger partial charge in [-0.3, -0.25) is 9.59 Å². The topological polar surface area (TPSA) is 140 Å². The summed E-state index contributed by atoms with van der Waals surface area (Å²) in [6, 6.07) is -0.807. The Bertz CT molecular complexity index is 1080. The van der Waals surface area contributed by atoms with Crippen molar-refractivity contribution in [1.82, 2.24) is 10.6 Å². The summed E-state index contributed by atoms with van der Waals surface area (Å²) in [6.07, 6.45) is 14.5. The first-order valence-corrected chi connectivity index (χ1v) is 14.1. The number of aliphatic hydroxyl groups excluding tert-OH is 1. The van der Waals surface area contributed by atoms with Gasteiger partial charge in [0.05, 0.1) is 6.10 Å². The van der Waals surface area contributed by atoms with Gasteiger partial charge in [-0.25, -0.2) is 4.79 Å². The number of carbonyl (C=O) groups excluding carboxylic acids is 3. The summed E-state index contributed by atoms with van der Waals surface area (Å²) in [5, 5.41) is 15.9. The molecule has 0 aromatic carbocycles. The zero-order chi connectivity index (χ0) is 31.2. The highest BCUT2D eigenvalue weighted by Crippen LogP contribution is 2.24. The lowest BCUT2D eigenvalue weighted by molar-refractivity contribution is -0.129. The molecule has 5 N–H and O–H groups in total. The summed E-state index contributed by atoms with van der Waals surface area (Å²) in [7, 11) is 0. The molecule has 0 aromatic heterocycles. The van der Waals surface area contributed by atoms with E-state index in [0.717, 1.165) is 17.6 Å². The fraction of sp³-hybridized carbons (Fsp3) is 0.516. The molecule has 0 aromatic rings. The number of allylic oxidation sites excluding steroid dienone is 5. The molecule has 0 radical (unpaired) electrons. The number of carbonyl (C=O) groups is 3. The molecule has 0 spiro atoms. The number of hydrogen-bond acceptors (Lipinski definition) is 6. The molecule has 0 saturated heterocycles. The van der Waals surface area contributed by atoms with Gasteiger partial charge in [0.15, 0.2) is 6.29 Å². The van der Waals surface area contributed by atoms with Gasteiger partial charge in [-0.2, -0.15) is 0 Å². The lowest BCUT2D eigenvalue weighted by Crippen LogP contribution is -2.52. The number of nitrogens with one attached hydrogen (secondary N) is 2. The van der Waals surface area contributed by atoms with Crippen molar-refractivity contribution in [3.63, 3.8) is 0 Å². The van der Waals surface area contributed by atoms with Crippen LogP contribution in [0.2, 0.25) is 0 Å². The van der Waals surface area contributed by atoms with E-state index in [0.29, 0.717) is 17.9 Å². The number of aliphatic hydroxyl groups is 1. The number of nitrogens with two attached hydrogens (primary N) is 1. The minimum atomic E-state index is -0.894. The largest absolute Gasteiger partial charge is 0.446 e. The van der Waals surface area contributed by atoms with Crippen LogP contribution in [0.25, 0.3) is 0 Å². The maximum atomic E-state index is 12.9. The highest BCUT2D eigenvalue weighted by atomic mass is 35.5. The molecule has 0 saturated carbocycles. The molecule has 0 fully saturated rings. The first-order valence-electron chi connectivity index (χ1n) is 13.7.